The first-order valence-corrected chi connectivity index (χ1v) is 5.71. The minimum atomic E-state index is 0.527. The Labute approximate surface area is 107 Å². The molecule has 0 saturated carbocycles. The van der Waals surface area contributed by atoms with Gasteiger partial charge in [-0.1, -0.05) is 5.16 Å². The molecule has 1 aromatic carbocycles. The molecule has 1 N–H and O–H groups in total. The molecular formula is C13H19NO4. The van der Waals surface area contributed by atoms with Gasteiger partial charge in [0, 0.05) is 25.7 Å². The number of hydrogen-bond donors (Lipinski definition) is 1. The van der Waals surface area contributed by atoms with E-state index in [1.54, 1.807) is 33.3 Å². The van der Waals surface area contributed by atoms with Crippen molar-refractivity contribution in [2.24, 2.45) is 5.16 Å². The number of benzene rings is 1. The predicted molar refractivity (Wildman–Crippen MR) is 69.0 cm³/mol. The zero-order valence-electron chi connectivity index (χ0n) is 11.0. The summed E-state index contributed by atoms with van der Waals surface area (Å²) in [5.74, 6) is 1.29. The second-order valence-electron chi connectivity index (χ2n) is 3.75. The van der Waals surface area contributed by atoms with Crippen LogP contribution in [0.25, 0.3) is 0 Å². The van der Waals surface area contributed by atoms with E-state index in [-0.39, 0.29) is 0 Å². The first-order valence-electron chi connectivity index (χ1n) is 5.71. The fraction of sp³-hybridized carbons (Fsp3) is 0.462. The van der Waals surface area contributed by atoms with Crippen molar-refractivity contribution in [3.05, 3.63) is 23.8 Å². The van der Waals surface area contributed by atoms with E-state index < -0.39 is 0 Å². The van der Waals surface area contributed by atoms with Crippen molar-refractivity contribution in [1.29, 1.82) is 0 Å². The first kappa shape index (κ1) is 14.3. The van der Waals surface area contributed by atoms with Crippen LogP contribution in [0.3, 0.4) is 0 Å². The highest BCUT2D eigenvalue weighted by Gasteiger charge is 2.07. The fourth-order valence-electron chi connectivity index (χ4n) is 1.46. The zero-order chi connectivity index (χ0) is 13.4. The van der Waals surface area contributed by atoms with Gasteiger partial charge in [0.2, 0.25) is 0 Å². The lowest BCUT2D eigenvalue weighted by atomic mass is 10.1. The fourth-order valence-corrected chi connectivity index (χ4v) is 1.46. The second kappa shape index (κ2) is 7.55. The van der Waals surface area contributed by atoms with E-state index in [1.807, 2.05) is 6.07 Å². The minimum absolute atomic E-state index is 0.527. The Kier molecular flexibility index (Phi) is 6.00. The molecule has 1 aromatic rings. The Balaban J connectivity index is 2.74. The van der Waals surface area contributed by atoms with Crippen molar-refractivity contribution in [2.45, 2.75) is 13.3 Å². The van der Waals surface area contributed by atoms with Gasteiger partial charge < -0.3 is 19.4 Å². The SMILES string of the molecule is COCCCOc1ccc(/C(C)=N/O)cc1OC. The summed E-state index contributed by atoms with van der Waals surface area (Å²) < 4.78 is 15.8. The summed E-state index contributed by atoms with van der Waals surface area (Å²) in [7, 11) is 3.24. The molecule has 100 valence electrons. The highest BCUT2D eigenvalue weighted by molar-refractivity contribution is 5.98. The number of hydrogen-bond acceptors (Lipinski definition) is 5. The van der Waals surface area contributed by atoms with Crippen molar-refractivity contribution in [3.63, 3.8) is 0 Å². The van der Waals surface area contributed by atoms with Gasteiger partial charge in [-0.3, -0.25) is 0 Å². The molecule has 5 nitrogen and oxygen atoms in total. The number of ether oxygens (including phenoxy) is 3. The molecule has 0 spiro atoms. The molecular weight excluding hydrogens is 234 g/mol. The monoisotopic (exact) mass is 253 g/mol. The van der Waals surface area contributed by atoms with Gasteiger partial charge in [0.1, 0.15) is 0 Å². The van der Waals surface area contributed by atoms with Gasteiger partial charge in [-0.2, -0.15) is 0 Å². The molecule has 0 atom stereocenters. The van der Waals surface area contributed by atoms with Gasteiger partial charge >= 0.3 is 0 Å². The smallest absolute Gasteiger partial charge is 0.161 e. The van der Waals surface area contributed by atoms with Crippen LogP contribution in [0, 0.1) is 0 Å². The van der Waals surface area contributed by atoms with Gasteiger partial charge in [-0.25, -0.2) is 0 Å². The Morgan fingerprint density at radius 3 is 2.61 bits per heavy atom. The van der Waals surface area contributed by atoms with Crippen LogP contribution < -0.4 is 9.47 Å². The molecule has 0 unspecified atom stereocenters. The van der Waals surface area contributed by atoms with Crippen LogP contribution >= 0.6 is 0 Å². The molecule has 1 rings (SSSR count). The van der Waals surface area contributed by atoms with Crippen LogP contribution in [0.15, 0.2) is 23.4 Å². The summed E-state index contributed by atoms with van der Waals surface area (Å²) in [4.78, 5) is 0. The maximum atomic E-state index is 8.72. The molecule has 0 aliphatic carbocycles. The first-order chi connectivity index (χ1) is 8.72. The Morgan fingerprint density at radius 2 is 2.00 bits per heavy atom. The van der Waals surface area contributed by atoms with Crippen molar-refractivity contribution in [3.8, 4) is 11.5 Å². The largest absolute Gasteiger partial charge is 0.493 e. The van der Waals surface area contributed by atoms with Crippen LogP contribution in [0.1, 0.15) is 18.9 Å². The summed E-state index contributed by atoms with van der Waals surface area (Å²) in [6.45, 7) is 2.95. The van der Waals surface area contributed by atoms with E-state index in [9.17, 15) is 0 Å². The molecule has 0 bridgehead atoms. The average Bonchev–Trinajstić information content (AvgIpc) is 2.42. The van der Waals surface area contributed by atoms with Gasteiger partial charge in [0.05, 0.1) is 19.4 Å². The molecule has 0 fully saturated rings. The lowest BCUT2D eigenvalue weighted by Gasteiger charge is -2.11. The van der Waals surface area contributed by atoms with E-state index >= 15 is 0 Å². The summed E-state index contributed by atoms with van der Waals surface area (Å²) >= 11 is 0. The van der Waals surface area contributed by atoms with E-state index in [4.69, 9.17) is 19.4 Å². The number of methoxy groups -OCH3 is 2. The van der Waals surface area contributed by atoms with Crippen molar-refractivity contribution in [1.82, 2.24) is 0 Å². The molecule has 5 heteroatoms. The average molecular weight is 253 g/mol. The van der Waals surface area contributed by atoms with Gasteiger partial charge in [-0.15, -0.1) is 0 Å². The Hall–Kier alpha value is -1.75. The number of rotatable bonds is 7. The third kappa shape index (κ3) is 3.92. The van der Waals surface area contributed by atoms with E-state index in [0.29, 0.717) is 30.4 Å². The van der Waals surface area contributed by atoms with Crippen LogP contribution in [-0.2, 0) is 4.74 Å². The van der Waals surface area contributed by atoms with Gasteiger partial charge in [0.25, 0.3) is 0 Å². The molecule has 18 heavy (non-hydrogen) atoms. The molecule has 0 saturated heterocycles. The normalized spacial score (nSPS) is 11.4. The number of nitrogens with zero attached hydrogens (tertiary/aromatic N) is 1. The van der Waals surface area contributed by atoms with Crippen molar-refractivity contribution in [2.75, 3.05) is 27.4 Å². The van der Waals surface area contributed by atoms with Crippen LogP contribution in [0.5, 0.6) is 11.5 Å². The predicted octanol–water partition coefficient (Wildman–Crippen LogP) is 2.31. The van der Waals surface area contributed by atoms with Crippen LogP contribution in [-0.4, -0.2) is 38.4 Å². The van der Waals surface area contributed by atoms with Crippen LogP contribution in [0.2, 0.25) is 0 Å². The lowest BCUT2D eigenvalue weighted by molar-refractivity contribution is 0.170. The summed E-state index contributed by atoms with van der Waals surface area (Å²) in [5, 5.41) is 11.9. The Morgan fingerprint density at radius 1 is 1.22 bits per heavy atom. The maximum Gasteiger partial charge on any atom is 0.161 e. The van der Waals surface area contributed by atoms with Crippen molar-refractivity contribution >= 4 is 5.71 Å². The molecule has 0 heterocycles. The summed E-state index contributed by atoms with van der Waals surface area (Å²) in [5.41, 5.74) is 1.32. The number of oxime groups is 1. The van der Waals surface area contributed by atoms with E-state index in [1.165, 1.54) is 0 Å². The van der Waals surface area contributed by atoms with Crippen molar-refractivity contribution < 1.29 is 19.4 Å². The Bertz CT molecular complexity index is 404. The quantitative estimate of drug-likeness (QED) is 0.350. The molecule has 0 aromatic heterocycles. The highest BCUT2D eigenvalue weighted by Crippen LogP contribution is 2.28. The molecule has 0 amide bonds. The zero-order valence-corrected chi connectivity index (χ0v) is 11.0. The lowest BCUT2D eigenvalue weighted by Crippen LogP contribution is -2.03. The van der Waals surface area contributed by atoms with E-state index in [0.717, 1.165) is 12.0 Å². The van der Waals surface area contributed by atoms with Crippen LogP contribution in [0.4, 0.5) is 0 Å². The topological polar surface area (TPSA) is 60.3 Å². The van der Waals surface area contributed by atoms with E-state index in [2.05, 4.69) is 5.16 Å². The molecule has 0 aliphatic heterocycles. The maximum absolute atomic E-state index is 8.72. The van der Waals surface area contributed by atoms with Gasteiger partial charge in [-0.05, 0) is 25.1 Å². The highest BCUT2D eigenvalue weighted by atomic mass is 16.5. The molecule has 0 radical (unpaired) electrons. The third-order valence-electron chi connectivity index (χ3n) is 2.48. The third-order valence-corrected chi connectivity index (χ3v) is 2.48. The summed E-state index contributed by atoms with van der Waals surface area (Å²) in [6, 6.07) is 5.40. The second-order valence-corrected chi connectivity index (χ2v) is 3.75. The van der Waals surface area contributed by atoms with Gasteiger partial charge in [0.15, 0.2) is 11.5 Å². The standard InChI is InChI=1S/C13H19NO4/c1-10(14-15)11-5-6-12(13(9-11)17-3)18-8-4-7-16-2/h5-6,9,15H,4,7-8H2,1-3H3/b14-10+. The minimum Gasteiger partial charge on any atom is -0.493 e. The molecule has 0 aliphatic rings. The summed E-state index contributed by atoms with van der Waals surface area (Å²) in [6.07, 6.45) is 0.818.